The second-order valence-electron chi connectivity index (χ2n) is 4.39. The van der Waals surface area contributed by atoms with Gasteiger partial charge in [-0.25, -0.2) is 4.39 Å². The van der Waals surface area contributed by atoms with E-state index in [2.05, 4.69) is 4.90 Å². The molecule has 0 spiro atoms. The Hall–Kier alpha value is -0.930. The van der Waals surface area contributed by atoms with Crippen molar-refractivity contribution in [2.24, 2.45) is 5.73 Å². The summed E-state index contributed by atoms with van der Waals surface area (Å²) in [5, 5.41) is 0. The van der Waals surface area contributed by atoms with Gasteiger partial charge in [0, 0.05) is 18.7 Å². The minimum Gasteiger partial charge on any atom is -0.326 e. The van der Waals surface area contributed by atoms with Crippen LogP contribution >= 0.6 is 0 Å². The van der Waals surface area contributed by atoms with Gasteiger partial charge < -0.3 is 10.6 Å². The van der Waals surface area contributed by atoms with Crippen molar-refractivity contribution in [2.75, 3.05) is 19.6 Å². The zero-order chi connectivity index (χ0) is 11.4. The number of benzene rings is 1. The van der Waals surface area contributed by atoms with Crippen molar-refractivity contribution in [2.45, 2.75) is 25.8 Å². The van der Waals surface area contributed by atoms with Crippen LogP contribution in [0.15, 0.2) is 18.2 Å². The van der Waals surface area contributed by atoms with Crippen LogP contribution in [-0.2, 0) is 13.0 Å². The fraction of sp³-hybridized carbons (Fsp3) is 0.538. The Kier molecular flexibility index (Phi) is 3.91. The topological polar surface area (TPSA) is 29.3 Å². The summed E-state index contributed by atoms with van der Waals surface area (Å²) in [6.45, 7) is 3.57. The Morgan fingerprint density at radius 1 is 1.19 bits per heavy atom. The van der Waals surface area contributed by atoms with Gasteiger partial charge in [-0.1, -0.05) is 18.2 Å². The van der Waals surface area contributed by atoms with Gasteiger partial charge in [0.15, 0.2) is 0 Å². The molecule has 1 aromatic rings. The predicted molar refractivity (Wildman–Crippen MR) is 63.7 cm³/mol. The summed E-state index contributed by atoms with van der Waals surface area (Å²) in [5.41, 5.74) is 6.91. The fourth-order valence-corrected chi connectivity index (χ4v) is 2.27. The molecule has 0 radical (unpaired) electrons. The summed E-state index contributed by atoms with van der Waals surface area (Å²) < 4.78 is 13.8. The molecule has 0 aliphatic carbocycles. The van der Waals surface area contributed by atoms with Crippen LogP contribution in [0, 0.1) is 5.82 Å². The van der Waals surface area contributed by atoms with Crippen molar-refractivity contribution in [1.82, 2.24) is 4.90 Å². The van der Waals surface area contributed by atoms with Crippen LogP contribution in [0.3, 0.4) is 0 Å². The average molecular weight is 222 g/mol. The minimum atomic E-state index is -0.107. The zero-order valence-electron chi connectivity index (χ0n) is 9.58. The molecule has 1 heterocycles. The van der Waals surface area contributed by atoms with Gasteiger partial charge >= 0.3 is 0 Å². The van der Waals surface area contributed by atoms with Crippen molar-refractivity contribution in [3.8, 4) is 0 Å². The summed E-state index contributed by atoms with van der Waals surface area (Å²) in [7, 11) is 0. The maximum atomic E-state index is 13.8. The Morgan fingerprint density at radius 3 is 2.56 bits per heavy atom. The van der Waals surface area contributed by atoms with Crippen molar-refractivity contribution in [3.63, 3.8) is 0 Å². The summed E-state index contributed by atoms with van der Waals surface area (Å²) in [4.78, 5) is 2.40. The first kappa shape index (κ1) is 11.6. The maximum Gasteiger partial charge on any atom is 0.130 e. The van der Waals surface area contributed by atoms with E-state index < -0.39 is 0 Å². The summed E-state index contributed by atoms with van der Waals surface area (Å²) in [6.07, 6.45) is 3.36. The normalized spacial score (nSPS) is 16.9. The van der Waals surface area contributed by atoms with E-state index in [-0.39, 0.29) is 12.4 Å². The van der Waals surface area contributed by atoms with E-state index in [1.165, 1.54) is 12.8 Å². The number of nitrogens with two attached hydrogens (primary N) is 1. The molecule has 0 atom stereocenters. The molecule has 3 heteroatoms. The first-order chi connectivity index (χ1) is 7.81. The first-order valence-electron chi connectivity index (χ1n) is 6.00. The highest BCUT2D eigenvalue weighted by molar-refractivity contribution is 5.26. The molecule has 2 rings (SSSR count). The largest absolute Gasteiger partial charge is 0.326 e. The molecule has 0 bridgehead atoms. The van der Waals surface area contributed by atoms with E-state index >= 15 is 0 Å². The Balaban J connectivity index is 1.97. The molecule has 1 fully saturated rings. The lowest BCUT2D eigenvalue weighted by Gasteiger charge is -2.15. The molecule has 2 nitrogen and oxygen atoms in total. The van der Waals surface area contributed by atoms with Crippen molar-refractivity contribution >= 4 is 0 Å². The molecule has 0 amide bonds. The molecule has 2 N–H and O–H groups in total. The zero-order valence-corrected chi connectivity index (χ0v) is 9.58. The Morgan fingerprint density at radius 2 is 1.88 bits per heavy atom. The molecular weight excluding hydrogens is 203 g/mol. The highest BCUT2D eigenvalue weighted by Gasteiger charge is 2.12. The van der Waals surface area contributed by atoms with Gasteiger partial charge in [0.2, 0.25) is 0 Å². The van der Waals surface area contributed by atoms with E-state index in [0.717, 1.165) is 31.6 Å². The lowest BCUT2D eigenvalue weighted by molar-refractivity contribution is 0.341. The minimum absolute atomic E-state index is 0.107. The molecule has 0 saturated carbocycles. The quantitative estimate of drug-likeness (QED) is 0.843. The molecule has 16 heavy (non-hydrogen) atoms. The maximum absolute atomic E-state index is 13.8. The lowest BCUT2D eigenvalue weighted by atomic mass is 10.1. The first-order valence-corrected chi connectivity index (χ1v) is 6.00. The van der Waals surface area contributed by atoms with E-state index in [9.17, 15) is 4.39 Å². The summed E-state index contributed by atoms with van der Waals surface area (Å²) >= 11 is 0. The molecule has 1 saturated heterocycles. The average Bonchev–Trinajstić information content (AvgIpc) is 2.81. The van der Waals surface area contributed by atoms with E-state index in [0.29, 0.717) is 5.56 Å². The van der Waals surface area contributed by atoms with Gasteiger partial charge in [0.1, 0.15) is 5.82 Å². The highest BCUT2D eigenvalue weighted by atomic mass is 19.1. The fourth-order valence-electron chi connectivity index (χ4n) is 2.27. The van der Waals surface area contributed by atoms with Gasteiger partial charge in [0.25, 0.3) is 0 Å². The summed E-state index contributed by atoms with van der Waals surface area (Å²) in [5.74, 6) is -0.107. The van der Waals surface area contributed by atoms with Crippen LogP contribution in [0.2, 0.25) is 0 Å². The second-order valence-corrected chi connectivity index (χ2v) is 4.39. The third-order valence-electron chi connectivity index (χ3n) is 3.27. The monoisotopic (exact) mass is 222 g/mol. The van der Waals surface area contributed by atoms with Crippen LogP contribution in [-0.4, -0.2) is 24.5 Å². The van der Waals surface area contributed by atoms with Crippen LogP contribution in [0.4, 0.5) is 4.39 Å². The van der Waals surface area contributed by atoms with Crippen molar-refractivity contribution in [3.05, 3.63) is 35.1 Å². The second kappa shape index (κ2) is 5.41. The molecule has 88 valence electrons. The van der Waals surface area contributed by atoms with Crippen LogP contribution in [0.25, 0.3) is 0 Å². The predicted octanol–water partition coefficient (Wildman–Crippen LogP) is 1.92. The van der Waals surface area contributed by atoms with Crippen LogP contribution in [0.1, 0.15) is 24.0 Å². The van der Waals surface area contributed by atoms with Gasteiger partial charge in [0.05, 0.1) is 0 Å². The van der Waals surface area contributed by atoms with Gasteiger partial charge in [-0.2, -0.15) is 0 Å². The lowest BCUT2D eigenvalue weighted by Crippen LogP contribution is -2.22. The number of halogens is 1. The molecule has 0 unspecified atom stereocenters. The number of likely N-dealkylation sites (tertiary alicyclic amines) is 1. The molecule has 1 aliphatic heterocycles. The molecule has 1 aromatic carbocycles. The van der Waals surface area contributed by atoms with Gasteiger partial charge in [-0.05, 0) is 37.9 Å². The van der Waals surface area contributed by atoms with Gasteiger partial charge in [-0.15, -0.1) is 0 Å². The molecular formula is C13H19FN2. The Labute approximate surface area is 96.2 Å². The highest BCUT2D eigenvalue weighted by Crippen LogP contribution is 2.15. The van der Waals surface area contributed by atoms with E-state index in [4.69, 9.17) is 5.73 Å². The number of hydrogen-bond acceptors (Lipinski definition) is 2. The van der Waals surface area contributed by atoms with Gasteiger partial charge in [-0.3, -0.25) is 0 Å². The molecule has 1 aliphatic rings. The van der Waals surface area contributed by atoms with Crippen molar-refractivity contribution in [1.29, 1.82) is 0 Å². The SMILES string of the molecule is NCc1cccc(CCN2CCCC2)c1F. The number of nitrogens with zero attached hydrogens (tertiary/aromatic N) is 1. The standard InChI is InChI=1S/C13H19FN2/c14-13-11(4-3-5-12(13)10-15)6-9-16-7-1-2-8-16/h3-5H,1-2,6-10,15H2. The molecule has 0 aromatic heterocycles. The number of rotatable bonds is 4. The van der Waals surface area contributed by atoms with Crippen LogP contribution in [0.5, 0.6) is 0 Å². The van der Waals surface area contributed by atoms with Crippen LogP contribution < -0.4 is 5.73 Å². The smallest absolute Gasteiger partial charge is 0.130 e. The van der Waals surface area contributed by atoms with Crippen molar-refractivity contribution < 1.29 is 4.39 Å². The summed E-state index contributed by atoms with van der Waals surface area (Å²) in [6, 6.07) is 5.52. The van der Waals surface area contributed by atoms with E-state index in [1.54, 1.807) is 6.07 Å². The van der Waals surface area contributed by atoms with E-state index in [1.807, 2.05) is 12.1 Å². The number of hydrogen-bond donors (Lipinski definition) is 1. The third kappa shape index (κ3) is 2.60. The Bertz CT molecular complexity index is 346. The third-order valence-corrected chi connectivity index (χ3v) is 3.27.